The Hall–Kier alpha value is -0.780. The summed E-state index contributed by atoms with van der Waals surface area (Å²) < 4.78 is 8.99. The Morgan fingerprint density at radius 3 is 2.47 bits per heavy atom. The molecule has 0 radical (unpaired) electrons. The van der Waals surface area contributed by atoms with Crippen molar-refractivity contribution < 1.29 is 9.53 Å². The molecule has 2 atom stereocenters. The topological polar surface area (TPSA) is 38.7 Å². The Balaban J connectivity index is 3.08. The average molecular weight is 241 g/mol. The number of hydrogen-bond donors (Lipinski definition) is 0. The van der Waals surface area contributed by atoms with Crippen LogP contribution in [0.3, 0.4) is 0 Å². The molecule has 0 N–H and O–H groups in total. The minimum atomic E-state index is -0.598. The SMILES string of the molecule is COC(=O)C(=NP(C)P)c1ccccc1. The van der Waals surface area contributed by atoms with Crippen molar-refractivity contribution in [2.24, 2.45) is 4.76 Å². The van der Waals surface area contributed by atoms with E-state index in [4.69, 9.17) is 4.74 Å². The Bertz CT molecular complexity index is 363. The molecular weight excluding hydrogens is 228 g/mol. The van der Waals surface area contributed by atoms with E-state index in [0.717, 1.165) is 5.56 Å². The molecule has 0 spiro atoms. The fourth-order valence-corrected chi connectivity index (χ4v) is 1.93. The molecule has 0 fully saturated rings. The van der Waals surface area contributed by atoms with Gasteiger partial charge in [-0.2, -0.15) is 0 Å². The second-order valence-corrected chi connectivity index (χ2v) is 6.47. The first-order valence-corrected chi connectivity index (χ1v) is 7.72. The molecule has 0 bridgehead atoms. The van der Waals surface area contributed by atoms with E-state index in [-0.39, 0.29) is 0 Å². The Morgan fingerprint density at radius 1 is 1.40 bits per heavy atom. The fourth-order valence-electron chi connectivity index (χ4n) is 1.07. The van der Waals surface area contributed by atoms with Gasteiger partial charge in [0, 0.05) is 13.3 Å². The van der Waals surface area contributed by atoms with Gasteiger partial charge >= 0.3 is 5.97 Å². The lowest BCUT2D eigenvalue weighted by atomic mass is 10.1. The van der Waals surface area contributed by atoms with Crippen molar-refractivity contribution in [3.63, 3.8) is 0 Å². The van der Waals surface area contributed by atoms with E-state index in [2.05, 4.69) is 13.7 Å². The number of nitrogens with zero attached hydrogens (tertiary/aromatic N) is 1. The third-order valence-electron chi connectivity index (χ3n) is 1.68. The maximum absolute atomic E-state index is 11.5. The lowest BCUT2D eigenvalue weighted by Crippen LogP contribution is -2.16. The average Bonchev–Trinajstić information content (AvgIpc) is 2.26. The van der Waals surface area contributed by atoms with Crippen molar-refractivity contribution in [1.82, 2.24) is 0 Å². The van der Waals surface area contributed by atoms with E-state index >= 15 is 0 Å². The highest BCUT2D eigenvalue weighted by Crippen LogP contribution is 2.42. The minimum Gasteiger partial charge on any atom is -0.464 e. The number of ether oxygens (including phenoxy) is 1. The van der Waals surface area contributed by atoms with Gasteiger partial charge < -0.3 is 4.74 Å². The zero-order valence-corrected chi connectivity index (χ0v) is 10.7. The van der Waals surface area contributed by atoms with Crippen LogP contribution in [0.1, 0.15) is 5.56 Å². The van der Waals surface area contributed by atoms with E-state index in [1.807, 2.05) is 37.0 Å². The normalized spacial score (nSPS) is 13.4. The molecule has 15 heavy (non-hydrogen) atoms. The summed E-state index contributed by atoms with van der Waals surface area (Å²) in [5, 5.41) is 0. The van der Waals surface area contributed by atoms with Gasteiger partial charge in [-0.1, -0.05) is 39.3 Å². The van der Waals surface area contributed by atoms with Crippen LogP contribution in [-0.4, -0.2) is 25.5 Å². The summed E-state index contributed by atoms with van der Waals surface area (Å²) in [6.45, 7) is 1.95. The molecule has 0 aromatic heterocycles. The molecule has 80 valence electrons. The molecule has 1 aromatic rings. The smallest absolute Gasteiger partial charge is 0.357 e. The molecule has 0 saturated carbocycles. The van der Waals surface area contributed by atoms with Gasteiger partial charge in [0.25, 0.3) is 0 Å². The maximum Gasteiger partial charge on any atom is 0.357 e. The van der Waals surface area contributed by atoms with Gasteiger partial charge in [-0.15, -0.1) is 0 Å². The lowest BCUT2D eigenvalue weighted by molar-refractivity contribution is -0.132. The molecule has 0 heterocycles. The van der Waals surface area contributed by atoms with E-state index in [1.54, 1.807) is 0 Å². The number of benzene rings is 1. The Labute approximate surface area is 92.8 Å². The minimum absolute atomic E-state index is 0.390. The molecule has 3 nitrogen and oxygen atoms in total. The van der Waals surface area contributed by atoms with Crippen LogP contribution in [0, 0.1) is 0 Å². The van der Waals surface area contributed by atoms with Crippen molar-refractivity contribution in [1.29, 1.82) is 0 Å². The fraction of sp³-hybridized carbons (Fsp3) is 0.200. The highest BCUT2D eigenvalue weighted by atomic mass is 32.0. The summed E-state index contributed by atoms with van der Waals surface area (Å²) in [6, 6.07) is 9.33. The molecule has 1 aromatic carbocycles. The largest absolute Gasteiger partial charge is 0.464 e. The zero-order valence-electron chi connectivity index (χ0n) is 8.68. The molecule has 0 saturated heterocycles. The molecule has 0 amide bonds. The first kappa shape index (κ1) is 12.3. The van der Waals surface area contributed by atoms with Crippen molar-refractivity contribution in [3.05, 3.63) is 35.9 Å². The van der Waals surface area contributed by atoms with Gasteiger partial charge in [0.15, 0.2) is 5.71 Å². The Morgan fingerprint density at radius 2 is 2.00 bits per heavy atom. The summed E-state index contributed by atoms with van der Waals surface area (Å²) >= 11 is 0. The first-order chi connectivity index (χ1) is 7.15. The van der Waals surface area contributed by atoms with Crippen LogP contribution in [0.2, 0.25) is 0 Å². The van der Waals surface area contributed by atoms with Crippen LogP contribution < -0.4 is 0 Å². The van der Waals surface area contributed by atoms with Crippen molar-refractivity contribution in [2.75, 3.05) is 13.8 Å². The van der Waals surface area contributed by atoms with E-state index < -0.39 is 13.7 Å². The third kappa shape index (κ3) is 3.70. The van der Waals surface area contributed by atoms with Crippen molar-refractivity contribution in [2.45, 2.75) is 0 Å². The molecule has 0 aliphatic carbocycles. The van der Waals surface area contributed by atoms with Gasteiger partial charge in [-0.3, -0.25) is 0 Å². The number of carbonyl (C=O) groups excluding carboxylic acids is 1. The molecule has 5 heteroatoms. The monoisotopic (exact) mass is 241 g/mol. The molecule has 0 aliphatic rings. The summed E-state index contributed by atoms with van der Waals surface area (Å²) in [6.07, 6.45) is 0. The van der Waals surface area contributed by atoms with Gasteiger partial charge in [0.05, 0.1) is 7.11 Å². The van der Waals surface area contributed by atoms with Gasteiger partial charge in [-0.25, -0.2) is 9.56 Å². The summed E-state index contributed by atoms with van der Waals surface area (Å²) in [5.41, 5.74) is 1.18. The quantitative estimate of drug-likeness (QED) is 0.463. The second-order valence-electron chi connectivity index (χ2n) is 2.88. The predicted octanol–water partition coefficient (Wildman–Crippen LogP) is 2.47. The number of rotatable bonds is 3. The summed E-state index contributed by atoms with van der Waals surface area (Å²) in [5.74, 6) is -0.391. The van der Waals surface area contributed by atoms with Gasteiger partial charge in [-0.05, 0) is 6.66 Å². The van der Waals surface area contributed by atoms with Crippen LogP contribution >= 0.6 is 16.7 Å². The number of esters is 1. The lowest BCUT2D eigenvalue weighted by Gasteiger charge is -2.06. The number of hydrogen-bond acceptors (Lipinski definition) is 3. The van der Waals surface area contributed by atoms with E-state index in [9.17, 15) is 4.79 Å². The van der Waals surface area contributed by atoms with E-state index in [1.165, 1.54) is 7.11 Å². The highest BCUT2D eigenvalue weighted by Gasteiger charge is 2.14. The highest BCUT2D eigenvalue weighted by molar-refractivity contribution is 8.12. The summed E-state index contributed by atoms with van der Waals surface area (Å²) in [7, 11) is 3.35. The number of methoxy groups -OCH3 is 1. The van der Waals surface area contributed by atoms with E-state index in [0.29, 0.717) is 5.71 Å². The van der Waals surface area contributed by atoms with Gasteiger partial charge in [0.2, 0.25) is 0 Å². The molecule has 2 unspecified atom stereocenters. The molecule has 1 rings (SSSR count). The van der Waals surface area contributed by atoms with Crippen LogP contribution in [0.4, 0.5) is 0 Å². The second kappa shape index (κ2) is 5.95. The predicted molar refractivity (Wildman–Crippen MR) is 67.5 cm³/mol. The van der Waals surface area contributed by atoms with Crippen LogP contribution in [-0.2, 0) is 9.53 Å². The zero-order chi connectivity index (χ0) is 11.3. The van der Waals surface area contributed by atoms with Crippen molar-refractivity contribution >= 4 is 28.4 Å². The van der Waals surface area contributed by atoms with Crippen LogP contribution in [0.5, 0.6) is 0 Å². The first-order valence-electron chi connectivity index (χ1n) is 4.36. The molecular formula is C10H13NO2P2. The maximum atomic E-state index is 11.5. The van der Waals surface area contributed by atoms with Crippen molar-refractivity contribution in [3.8, 4) is 0 Å². The van der Waals surface area contributed by atoms with Crippen LogP contribution in [0.15, 0.2) is 35.1 Å². The standard InChI is InChI=1S/C10H13NO2P2/c1-13-10(12)9(11-15(2)14)8-6-4-3-5-7-8/h3-7H,14H2,1-2H3. The summed E-state index contributed by atoms with van der Waals surface area (Å²) in [4.78, 5) is 11.5. The van der Waals surface area contributed by atoms with Gasteiger partial charge in [0.1, 0.15) is 0 Å². The van der Waals surface area contributed by atoms with Crippen LogP contribution in [0.25, 0.3) is 0 Å². The molecule has 0 aliphatic heterocycles. The number of carbonyl (C=O) groups is 1. The third-order valence-corrected chi connectivity index (χ3v) is 2.55. The Kier molecular flexibility index (Phi) is 4.87.